The molecule has 0 saturated heterocycles. The summed E-state index contributed by atoms with van der Waals surface area (Å²) in [6.07, 6.45) is 2.90. The molecule has 41 heavy (non-hydrogen) atoms. The topological polar surface area (TPSA) is 138 Å². The van der Waals surface area contributed by atoms with Crippen LogP contribution >= 0.6 is 0 Å². The Kier molecular flexibility index (Phi) is 9.94. The fourth-order valence-corrected chi connectivity index (χ4v) is 6.53. The highest BCUT2D eigenvalue weighted by atomic mass is 32.2. The second kappa shape index (κ2) is 13.4. The van der Waals surface area contributed by atoms with Gasteiger partial charge in [-0.1, -0.05) is 29.8 Å². The molecular formula is C30H36N4O6S. The van der Waals surface area contributed by atoms with Gasteiger partial charge in [0.2, 0.25) is 15.9 Å². The number of nitrogens with zero attached hydrogens (tertiary/aromatic N) is 2. The van der Waals surface area contributed by atoms with Crippen molar-refractivity contribution in [3.8, 4) is 6.07 Å². The van der Waals surface area contributed by atoms with Crippen molar-refractivity contribution >= 4 is 21.9 Å². The summed E-state index contributed by atoms with van der Waals surface area (Å²) in [5, 5.41) is 12.7. The number of methoxy groups -OCH3 is 1. The third kappa shape index (κ3) is 7.21. The number of rotatable bonds is 10. The molecule has 2 aliphatic rings. The maximum atomic E-state index is 14.0. The first-order valence-electron chi connectivity index (χ1n) is 13.7. The van der Waals surface area contributed by atoms with Crippen LogP contribution < -0.4 is 10.0 Å². The number of ether oxygens (including phenoxy) is 2. The van der Waals surface area contributed by atoms with Gasteiger partial charge in [-0.2, -0.15) is 9.98 Å². The summed E-state index contributed by atoms with van der Waals surface area (Å²) in [5.41, 5.74) is 3.82. The van der Waals surface area contributed by atoms with E-state index in [1.807, 2.05) is 13.0 Å². The number of carbonyl (C=O) groups is 2. The molecule has 0 spiro atoms. The molecule has 0 fully saturated rings. The molecule has 3 atom stereocenters. The van der Waals surface area contributed by atoms with E-state index in [-0.39, 0.29) is 30.5 Å². The summed E-state index contributed by atoms with van der Waals surface area (Å²) in [7, 11) is -2.58. The van der Waals surface area contributed by atoms with E-state index >= 15 is 0 Å². The minimum absolute atomic E-state index is 0.0128. The van der Waals surface area contributed by atoms with Gasteiger partial charge in [-0.05, 0) is 80.6 Å². The van der Waals surface area contributed by atoms with Gasteiger partial charge in [-0.25, -0.2) is 13.2 Å². The number of amides is 1. The molecule has 0 aliphatic carbocycles. The number of nitrogens with one attached hydrogen (secondary N) is 2. The number of hydrogen-bond acceptors (Lipinski definition) is 8. The van der Waals surface area contributed by atoms with Crippen molar-refractivity contribution in [2.75, 3.05) is 33.4 Å². The number of nitriles is 1. The van der Waals surface area contributed by atoms with Crippen molar-refractivity contribution in [1.82, 2.24) is 14.9 Å². The summed E-state index contributed by atoms with van der Waals surface area (Å²) in [6.45, 7) is 5.03. The molecule has 11 heteroatoms. The third-order valence-electron chi connectivity index (χ3n) is 7.38. The van der Waals surface area contributed by atoms with Crippen molar-refractivity contribution in [3.05, 3.63) is 76.4 Å². The predicted molar refractivity (Wildman–Crippen MR) is 152 cm³/mol. The van der Waals surface area contributed by atoms with Crippen LogP contribution in [0.1, 0.15) is 48.6 Å². The molecule has 0 radical (unpaired) electrons. The van der Waals surface area contributed by atoms with E-state index in [4.69, 9.17) is 9.47 Å². The minimum atomic E-state index is -4.17. The lowest BCUT2D eigenvalue weighted by atomic mass is 9.95. The average molecular weight is 581 g/mol. The van der Waals surface area contributed by atoms with Crippen LogP contribution in [0.25, 0.3) is 0 Å². The van der Waals surface area contributed by atoms with Gasteiger partial charge in [-0.15, -0.1) is 0 Å². The predicted octanol–water partition coefficient (Wildman–Crippen LogP) is 2.39. The van der Waals surface area contributed by atoms with E-state index in [2.05, 4.69) is 16.1 Å². The Morgan fingerprint density at radius 2 is 2.05 bits per heavy atom. The second-order valence-corrected chi connectivity index (χ2v) is 12.0. The average Bonchev–Trinajstić information content (AvgIpc) is 2.96. The number of fused-ring (bicyclic) bond motifs is 1. The van der Waals surface area contributed by atoms with Gasteiger partial charge in [-0.3, -0.25) is 4.79 Å². The second-order valence-electron chi connectivity index (χ2n) is 10.3. The third-order valence-corrected chi connectivity index (χ3v) is 8.85. The highest BCUT2D eigenvalue weighted by Gasteiger charge is 2.38. The normalized spacial score (nSPS) is 19.5. The molecule has 2 aliphatic heterocycles. The summed E-state index contributed by atoms with van der Waals surface area (Å²) >= 11 is 0. The van der Waals surface area contributed by atoms with Gasteiger partial charge < -0.3 is 19.7 Å². The van der Waals surface area contributed by atoms with Crippen molar-refractivity contribution in [3.63, 3.8) is 0 Å². The largest absolute Gasteiger partial charge is 0.464 e. The first-order chi connectivity index (χ1) is 19.7. The first kappa shape index (κ1) is 30.4. The fourth-order valence-electron chi connectivity index (χ4n) is 5.31. The van der Waals surface area contributed by atoms with Crippen LogP contribution in [0.15, 0.2) is 59.0 Å². The molecule has 1 unspecified atom stereocenters. The van der Waals surface area contributed by atoms with Crippen LogP contribution in [0.2, 0.25) is 0 Å². The number of carbonyl (C=O) groups excluding carboxylic acids is 2. The molecule has 10 nitrogen and oxygen atoms in total. The Bertz CT molecular complexity index is 1470. The molecule has 1 amide bonds. The van der Waals surface area contributed by atoms with Crippen LogP contribution in [-0.2, 0) is 41.9 Å². The maximum Gasteiger partial charge on any atom is 0.329 e. The fraction of sp³-hybridized carbons (Fsp3) is 0.433. The van der Waals surface area contributed by atoms with Crippen molar-refractivity contribution in [1.29, 1.82) is 5.26 Å². The molecule has 218 valence electrons. The SMILES string of the molecule is CCOC(=O)[C@H]1CC(C)=CCN1C(=O)[C@H](Cc1cccc(C#N)c1)NS(=O)(=O)c1ccc2c(c1)C(COC)NCC2. The smallest absolute Gasteiger partial charge is 0.329 e. The van der Waals surface area contributed by atoms with Gasteiger partial charge in [0.25, 0.3) is 0 Å². The zero-order valence-corrected chi connectivity index (χ0v) is 24.4. The minimum Gasteiger partial charge on any atom is -0.464 e. The standard InChI is InChI=1S/C30H36N4O6S/c1-4-40-30(36)28-14-20(2)11-13-34(28)29(35)26(16-21-6-5-7-22(15-21)18-31)33-41(37,38)24-9-8-23-10-12-32-27(19-39-3)25(23)17-24/h5-9,11,15,17,26-28,32-33H,4,10,12-14,16,19H2,1-3H3/t26-,27?,28+/m0/s1. The lowest BCUT2D eigenvalue weighted by Gasteiger charge is -2.35. The highest BCUT2D eigenvalue weighted by Crippen LogP contribution is 2.27. The summed E-state index contributed by atoms with van der Waals surface area (Å²) < 4.78 is 40.7. The van der Waals surface area contributed by atoms with E-state index < -0.39 is 34.0 Å². The summed E-state index contributed by atoms with van der Waals surface area (Å²) in [6, 6.07) is 11.5. The van der Waals surface area contributed by atoms with E-state index in [1.165, 1.54) is 4.90 Å². The number of esters is 1. The Hall–Kier alpha value is -3.56. The molecule has 2 heterocycles. The number of sulfonamides is 1. The highest BCUT2D eigenvalue weighted by molar-refractivity contribution is 7.89. The van der Waals surface area contributed by atoms with Gasteiger partial charge in [0.15, 0.2) is 0 Å². The van der Waals surface area contributed by atoms with Crippen LogP contribution in [0.5, 0.6) is 0 Å². The summed E-state index contributed by atoms with van der Waals surface area (Å²) in [5.74, 6) is -1.08. The van der Waals surface area contributed by atoms with Gasteiger partial charge >= 0.3 is 5.97 Å². The quantitative estimate of drug-likeness (QED) is 0.323. The maximum absolute atomic E-state index is 14.0. The summed E-state index contributed by atoms with van der Waals surface area (Å²) in [4.78, 5) is 28.2. The van der Waals surface area contributed by atoms with Crippen molar-refractivity contribution in [2.24, 2.45) is 0 Å². The molecule has 0 aromatic heterocycles. The van der Waals surface area contributed by atoms with Gasteiger partial charge in [0.1, 0.15) is 12.1 Å². The van der Waals surface area contributed by atoms with Gasteiger partial charge in [0.05, 0.1) is 35.8 Å². The van der Waals surface area contributed by atoms with Crippen LogP contribution in [0, 0.1) is 11.3 Å². The Labute approximate surface area is 241 Å². The molecular weight excluding hydrogens is 544 g/mol. The molecule has 2 N–H and O–H groups in total. The lowest BCUT2D eigenvalue weighted by molar-refractivity contribution is -0.155. The van der Waals surface area contributed by atoms with E-state index in [0.29, 0.717) is 24.2 Å². The molecule has 0 saturated carbocycles. The first-order valence-corrected chi connectivity index (χ1v) is 15.1. The van der Waals surface area contributed by atoms with Crippen molar-refractivity contribution in [2.45, 2.75) is 56.1 Å². The monoisotopic (exact) mass is 580 g/mol. The van der Waals surface area contributed by atoms with E-state index in [0.717, 1.165) is 29.7 Å². The molecule has 0 bridgehead atoms. The van der Waals surface area contributed by atoms with E-state index in [9.17, 15) is 23.3 Å². The lowest BCUT2D eigenvalue weighted by Crippen LogP contribution is -2.56. The zero-order valence-electron chi connectivity index (χ0n) is 23.6. The van der Waals surface area contributed by atoms with Crippen LogP contribution in [0.4, 0.5) is 0 Å². The Morgan fingerprint density at radius 1 is 1.24 bits per heavy atom. The molecule has 2 aromatic carbocycles. The van der Waals surface area contributed by atoms with Crippen molar-refractivity contribution < 1.29 is 27.5 Å². The van der Waals surface area contributed by atoms with E-state index in [1.54, 1.807) is 56.5 Å². The number of benzene rings is 2. The van der Waals surface area contributed by atoms with Crippen LogP contribution in [0.3, 0.4) is 0 Å². The Balaban J connectivity index is 1.69. The number of hydrogen-bond donors (Lipinski definition) is 2. The molecule has 2 aromatic rings. The molecule has 4 rings (SSSR count). The zero-order chi connectivity index (χ0) is 29.6. The van der Waals surface area contributed by atoms with Crippen LogP contribution in [-0.4, -0.2) is 70.7 Å². The van der Waals surface area contributed by atoms with Gasteiger partial charge in [0, 0.05) is 13.7 Å². The Morgan fingerprint density at radius 3 is 2.78 bits per heavy atom.